The van der Waals surface area contributed by atoms with Crippen molar-refractivity contribution in [2.24, 2.45) is 11.7 Å². The van der Waals surface area contributed by atoms with Gasteiger partial charge in [0.25, 0.3) is 0 Å². The zero-order valence-corrected chi connectivity index (χ0v) is 8.07. The summed E-state index contributed by atoms with van der Waals surface area (Å²) >= 11 is 0. The number of carbonyl (C=O) groups is 1. The molecule has 2 atom stereocenters. The van der Waals surface area contributed by atoms with Crippen LogP contribution in [0.15, 0.2) is 0 Å². The molecule has 0 bridgehead atoms. The minimum Gasteiger partial charge on any atom is -0.481 e. The van der Waals surface area contributed by atoms with Crippen LogP contribution in [0.1, 0.15) is 19.8 Å². The number of hydrogen-bond acceptors (Lipinski definition) is 3. The van der Waals surface area contributed by atoms with Crippen LogP contribution in [0.25, 0.3) is 0 Å². The highest BCUT2D eigenvalue weighted by molar-refractivity contribution is 5.69. The largest absolute Gasteiger partial charge is 0.481 e. The first-order valence-electron chi connectivity index (χ1n) is 4.82. The second-order valence-electron chi connectivity index (χ2n) is 3.77. The normalized spacial score (nSPS) is 26.2. The zero-order chi connectivity index (χ0) is 9.84. The lowest BCUT2D eigenvalue weighted by atomic mass is 10.1. The molecular formula is C9H18N2O2. The van der Waals surface area contributed by atoms with E-state index >= 15 is 0 Å². The molecule has 0 aromatic heterocycles. The van der Waals surface area contributed by atoms with E-state index < -0.39 is 5.97 Å². The second kappa shape index (κ2) is 4.58. The van der Waals surface area contributed by atoms with Crippen molar-refractivity contribution in [2.45, 2.75) is 25.8 Å². The quantitative estimate of drug-likeness (QED) is 0.655. The van der Waals surface area contributed by atoms with E-state index in [1.165, 1.54) is 0 Å². The van der Waals surface area contributed by atoms with Crippen LogP contribution < -0.4 is 5.73 Å². The molecule has 1 fully saturated rings. The standard InChI is InChI=1S/C9H18N2O2/c1-7(9(12)13)6-11-4-2-3-8(11)5-10/h7-8H,2-6,10H2,1H3,(H,12,13). The molecule has 1 aliphatic heterocycles. The number of carboxylic acid groups (broad SMARTS) is 1. The van der Waals surface area contributed by atoms with Crippen LogP contribution in [0, 0.1) is 5.92 Å². The SMILES string of the molecule is CC(CN1CCCC1CN)C(=O)O. The van der Waals surface area contributed by atoms with Gasteiger partial charge in [-0.15, -0.1) is 0 Å². The first-order chi connectivity index (χ1) is 6.15. The summed E-state index contributed by atoms with van der Waals surface area (Å²) in [6.45, 7) is 4.03. The van der Waals surface area contributed by atoms with Crippen molar-refractivity contribution >= 4 is 5.97 Å². The molecule has 1 heterocycles. The molecular weight excluding hydrogens is 168 g/mol. The van der Waals surface area contributed by atoms with Crippen molar-refractivity contribution in [3.8, 4) is 0 Å². The van der Waals surface area contributed by atoms with Gasteiger partial charge in [-0.2, -0.15) is 0 Å². The van der Waals surface area contributed by atoms with Crippen LogP contribution in [0.5, 0.6) is 0 Å². The van der Waals surface area contributed by atoms with Crippen LogP contribution in [0.4, 0.5) is 0 Å². The molecule has 3 N–H and O–H groups in total. The molecule has 1 rings (SSSR count). The summed E-state index contributed by atoms with van der Waals surface area (Å²) in [7, 11) is 0. The predicted octanol–water partition coefficient (Wildman–Crippen LogP) is 0.130. The van der Waals surface area contributed by atoms with Crippen LogP contribution in [0.3, 0.4) is 0 Å². The molecule has 1 saturated heterocycles. The van der Waals surface area contributed by atoms with Crippen molar-refractivity contribution in [1.82, 2.24) is 4.90 Å². The number of hydrogen-bond donors (Lipinski definition) is 2. The van der Waals surface area contributed by atoms with Gasteiger partial charge in [0.15, 0.2) is 0 Å². The summed E-state index contributed by atoms with van der Waals surface area (Å²) in [5, 5.41) is 8.74. The third kappa shape index (κ3) is 2.67. The number of likely N-dealkylation sites (tertiary alicyclic amines) is 1. The third-order valence-corrected chi connectivity index (χ3v) is 2.70. The molecule has 0 spiro atoms. The third-order valence-electron chi connectivity index (χ3n) is 2.70. The maximum Gasteiger partial charge on any atom is 0.307 e. The number of carboxylic acids is 1. The van der Waals surface area contributed by atoms with Gasteiger partial charge in [-0.25, -0.2) is 0 Å². The summed E-state index contributed by atoms with van der Waals surface area (Å²) < 4.78 is 0. The van der Waals surface area contributed by atoms with E-state index in [4.69, 9.17) is 10.8 Å². The maximum atomic E-state index is 10.6. The molecule has 0 radical (unpaired) electrons. The van der Waals surface area contributed by atoms with E-state index in [1.807, 2.05) is 0 Å². The van der Waals surface area contributed by atoms with Gasteiger partial charge in [-0.1, -0.05) is 6.92 Å². The van der Waals surface area contributed by atoms with Crippen molar-refractivity contribution in [2.75, 3.05) is 19.6 Å². The summed E-state index contributed by atoms with van der Waals surface area (Å²) in [5.41, 5.74) is 5.59. The lowest BCUT2D eigenvalue weighted by molar-refractivity contribution is -0.141. The van der Waals surface area contributed by atoms with Crippen molar-refractivity contribution in [1.29, 1.82) is 0 Å². The van der Waals surface area contributed by atoms with E-state index in [0.717, 1.165) is 19.4 Å². The lowest BCUT2D eigenvalue weighted by Crippen LogP contribution is -2.39. The van der Waals surface area contributed by atoms with Gasteiger partial charge in [-0.05, 0) is 19.4 Å². The Balaban J connectivity index is 2.39. The molecule has 4 nitrogen and oxygen atoms in total. The number of rotatable bonds is 4. The van der Waals surface area contributed by atoms with Gasteiger partial charge >= 0.3 is 5.97 Å². The van der Waals surface area contributed by atoms with Crippen molar-refractivity contribution < 1.29 is 9.90 Å². The molecule has 1 aliphatic rings. The number of nitrogens with two attached hydrogens (primary N) is 1. The molecule has 0 aromatic rings. The molecule has 0 saturated carbocycles. The number of nitrogens with zero attached hydrogens (tertiary/aromatic N) is 1. The van der Waals surface area contributed by atoms with Crippen molar-refractivity contribution in [3.05, 3.63) is 0 Å². The molecule has 0 aliphatic carbocycles. The van der Waals surface area contributed by atoms with E-state index in [2.05, 4.69) is 4.90 Å². The summed E-state index contributed by atoms with van der Waals surface area (Å²) in [6.07, 6.45) is 2.26. The Kier molecular flexibility index (Phi) is 3.69. The summed E-state index contributed by atoms with van der Waals surface area (Å²) in [4.78, 5) is 12.8. The predicted molar refractivity (Wildman–Crippen MR) is 50.4 cm³/mol. The highest BCUT2D eigenvalue weighted by Gasteiger charge is 2.26. The fourth-order valence-electron chi connectivity index (χ4n) is 1.83. The zero-order valence-electron chi connectivity index (χ0n) is 8.07. The molecule has 13 heavy (non-hydrogen) atoms. The first kappa shape index (κ1) is 10.5. The second-order valence-corrected chi connectivity index (χ2v) is 3.77. The smallest absolute Gasteiger partial charge is 0.307 e. The minimum atomic E-state index is -0.720. The van der Waals surface area contributed by atoms with Gasteiger partial charge < -0.3 is 10.8 Å². The average molecular weight is 186 g/mol. The van der Waals surface area contributed by atoms with Gasteiger partial charge in [0.1, 0.15) is 0 Å². The van der Waals surface area contributed by atoms with Gasteiger partial charge in [0.2, 0.25) is 0 Å². The Morgan fingerprint density at radius 2 is 2.46 bits per heavy atom. The van der Waals surface area contributed by atoms with E-state index in [1.54, 1.807) is 6.92 Å². The van der Waals surface area contributed by atoms with Gasteiger partial charge in [0.05, 0.1) is 5.92 Å². The average Bonchev–Trinajstić information content (AvgIpc) is 2.51. The molecule has 0 aromatic carbocycles. The lowest BCUT2D eigenvalue weighted by Gasteiger charge is -2.24. The van der Waals surface area contributed by atoms with Crippen LogP contribution in [-0.2, 0) is 4.79 Å². The first-order valence-corrected chi connectivity index (χ1v) is 4.82. The highest BCUT2D eigenvalue weighted by Crippen LogP contribution is 2.17. The van der Waals surface area contributed by atoms with Gasteiger partial charge in [0, 0.05) is 19.1 Å². The minimum absolute atomic E-state index is 0.285. The van der Waals surface area contributed by atoms with Crippen LogP contribution in [-0.4, -0.2) is 41.7 Å². The Hall–Kier alpha value is -0.610. The monoisotopic (exact) mass is 186 g/mol. The van der Waals surface area contributed by atoms with E-state index in [0.29, 0.717) is 19.1 Å². The van der Waals surface area contributed by atoms with Gasteiger partial charge in [-0.3, -0.25) is 9.69 Å². The summed E-state index contributed by atoms with van der Waals surface area (Å²) in [5.74, 6) is -1.00. The Morgan fingerprint density at radius 1 is 1.77 bits per heavy atom. The maximum absolute atomic E-state index is 10.6. The fourth-order valence-corrected chi connectivity index (χ4v) is 1.83. The number of aliphatic carboxylic acids is 1. The Labute approximate surface area is 78.7 Å². The topological polar surface area (TPSA) is 66.6 Å². The Morgan fingerprint density at radius 3 is 3.00 bits per heavy atom. The summed E-state index contributed by atoms with van der Waals surface area (Å²) in [6, 6.07) is 0.404. The fraction of sp³-hybridized carbons (Fsp3) is 0.889. The molecule has 76 valence electrons. The van der Waals surface area contributed by atoms with E-state index in [-0.39, 0.29) is 5.92 Å². The van der Waals surface area contributed by atoms with Crippen molar-refractivity contribution in [3.63, 3.8) is 0 Å². The highest BCUT2D eigenvalue weighted by atomic mass is 16.4. The molecule has 4 heteroatoms. The molecule has 2 unspecified atom stereocenters. The molecule has 0 amide bonds. The van der Waals surface area contributed by atoms with Crippen LogP contribution >= 0.6 is 0 Å². The van der Waals surface area contributed by atoms with Crippen LogP contribution in [0.2, 0.25) is 0 Å². The van der Waals surface area contributed by atoms with E-state index in [9.17, 15) is 4.79 Å². The Bertz CT molecular complexity index is 184.